The average molecular weight is 351 g/mol. The summed E-state index contributed by atoms with van der Waals surface area (Å²) in [6.45, 7) is 4.81. The zero-order chi connectivity index (χ0) is 14.0. The van der Waals surface area contributed by atoms with Crippen LogP contribution in [0.25, 0.3) is 0 Å². The zero-order valence-corrected chi connectivity index (χ0v) is 14.3. The minimum atomic E-state index is -0.640. The molecule has 1 unspecified atom stereocenters. The number of hydrogen-bond donors (Lipinski definition) is 2. The van der Waals surface area contributed by atoms with Crippen LogP contribution in [-0.2, 0) is 0 Å². The van der Waals surface area contributed by atoms with Crippen LogP contribution in [-0.4, -0.2) is 48.3 Å². The third-order valence-electron chi connectivity index (χ3n) is 4.77. The summed E-state index contributed by atoms with van der Waals surface area (Å²) >= 11 is 0. The van der Waals surface area contributed by atoms with Crippen molar-refractivity contribution in [2.75, 3.05) is 32.7 Å². The summed E-state index contributed by atoms with van der Waals surface area (Å²) in [4.78, 5) is 2.38. The molecule has 1 aliphatic heterocycles. The highest BCUT2D eigenvalue weighted by atomic mass is 35.5. The standard InChI is InChI=1S/C16H23FN2O.2ClH/c17-14-4-1-3-13(11-14)15(16(20)5-2-6-16)12-19-9-7-18-8-10-19;;/h1,3-4,11,15,18,20H,2,5-10,12H2;2*1H. The van der Waals surface area contributed by atoms with Crippen molar-refractivity contribution < 1.29 is 9.50 Å². The summed E-state index contributed by atoms with van der Waals surface area (Å²) in [5.41, 5.74) is 0.296. The fourth-order valence-corrected chi connectivity index (χ4v) is 3.35. The molecule has 0 aromatic heterocycles. The summed E-state index contributed by atoms with van der Waals surface area (Å²) in [5, 5.41) is 14.1. The van der Waals surface area contributed by atoms with E-state index in [0.29, 0.717) is 0 Å². The van der Waals surface area contributed by atoms with Gasteiger partial charge in [-0.15, -0.1) is 24.8 Å². The van der Waals surface area contributed by atoms with Gasteiger partial charge in [0, 0.05) is 38.6 Å². The van der Waals surface area contributed by atoms with Crippen LogP contribution in [0, 0.1) is 5.82 Å². The second kappa shape index (κ2) is 8.46. The molecule has 2 aliphatic rings. The molecule has 6 heteroatoms. The van der Waals surface area contributed by atoms with Crippen molar-refractivity contribution in [3.8, 4) is 0 Å². The number of aliphatic hydroxyl groups is 1. The topological polar surface area (TPSA) is 35.5 Å². The fraction of sp³-hybridized carbons (Fsp3) is 0.625. The molecule has 1 aliphatic carbocycles. The Bertz CT molecular complexity index is 465. The molecule has 3 rings (SSSR count). The SMILES string of the molecule is Cl.Cl.OC1(C(CN2CCNCC2)c2cccc(F)c2)CCC1. The van der Waals surface area contributed by atoms with Crippen molar-refractivity contribution in [2.24, 2.45) is 0 Å². The molecular formula is C16H25Cl2FN2O. The first-order valence-corrected chi connectivity index (χ1v) is 7.58. The van der Waals surface area contributed by atoms with E-state index in [-0.39, 0.29) is 36.5 Å². The number of halogens is 3. The van der Waals surface area contributed by atoms with Crippen molar-refractivity contribution in [2.45, 2.75) is 30.8 Å². The van der Waals surface area contributed by atoms with Gasteiger partial charge in [0.15, 0.2) is 0 Å². The molecule has 1 saturated carbocycles. The van der Waals surface area contributed by atoms with Crippen LogP contribution < -0.4 is 5.32 Å². The molecule has 0 radical (unpaired) electrons. The number of hydrogen-bond acceptors (Lipinski definition) is 3. The van der Waals surface area contributed by atoms with E-state index in [0.717, 1.165) is 57.5 Å². The highest BCUT2D eigenvalue weighted by Gasteiger charge is 2.43. The quantitative estimate of drug-likeness (QED) is 0.875. The van der Waals surface area contributed by atoms with E-state index in [4.69, 9.17) is 0 Å². The van der Waals surface area contributed by atoms with Gasteiger partial charge in [0.25, 0.3) is 0 Å². The number of piperazine rings is 1. The van der Waals surface area contributed by atoms with Gasteiger partial charge in [0.2, 0.25) is 0 Å². The molecule has 0 spiro atoms. The van der Waals surface area contributed by atoms with Gasteiger partial charge < -0.3 is 15.3 Å². The highest BCUT2D eigenvalue weighted by molar-refractivity contribution is 5.85. The van der Waals surface area contributed by atoms with Crippen LogP contribution in [0.5, 0.6) is 0 Å². The molecule has 2 N–H and O–H groups in total. The average Bonchev–Trinajstić information content (AvgIpc) is 2.43. The van der Waals surface area contributed by atoms with E-state index >= 15 is 0 Å². The molecule has 3 nitrogen and oxygen atoms in total. The van der Waals surface area contributed by atoms with Crippen LogP contribution >= 0.6 is 24.8 Å². The third kappa shape index (κ3) is 4.33. The Hall–Kier alpha value is -0.390. The van der Waals surface area contributed by atoms with Gasteiger partial charge in [-0.3, -0.25) is 0 Å². The number of nitrogens with zero attached hydrogens (tertiary/aromatic N) is 1. The van der Waals surface area contributed by atoms with Gasteiger partial charge >= 0.3 is 0 Å². The summed E-state index contributed by atoms with van der Waals surface area (Å²) < 4.78 is 13.5. The summed E-state index contributed by atoms with van der Waals surface area (Å²) in [6.07, 6.45) is 2.74. The maximum absolute atomic E-state index is 13.5. The molecular weight excluding hydrogens is 326 g/mol. The molecule has 0 amide bonds. The minimum absolute atomic E-state index is 0. The normalized spacial score (nSPS) is 21.9. The molecule has 126 valence electrons. The number of rotatable bonds is 4. The molecule has 1 aromatic carbocycles. The van der Waals surface area contributed by atoms with Gasteiger partial charge in [-0.05, 0) is 37.0 Å². The lowest BCUT2D eigenvalue weighted by Crippen LogP contribution is -2.51. The molecule has 1 heterocycles. The Kier molecular flexibility index (Phi) is 7.56. The Balaban J connectivity index is 0.00000121. The van der Waals surface area contributed by atoms with Gasteiger partial charge in [-0.1, -0.05) is 12.1 Å². The highest BCUT2D eigenvalue weighted by Crippen LogP contribution is 2.44. The van der Waals surface area contributed by atoms with Crippen molar-refractivity contribution in [3.63, 3.8) is 0 Å². The third-order valence-corrected chi connectivity index (χ3v) is 4.77. The molecule has 1 atom stereocenters. The van der Waals surface area contributed by atoms with E-state index < -0.39 is 5.60 Å². The Morgan fingerprint density at radius 3 is 2.45 bits per heavy atom. The maximum Gasteiger partial charge on any atom is 0.123 e. The maximum atomic E-state index is 13.5. The van der Waals surface area contributed by atoms with E-state index in [1.54, 1.807) is 12.1 Å². The first kappa shape index (κ1) is 19.7. The van der Waals surface area contributed by atoms with Crippen molar-refractivity contribution in [3.05, 3.63) is 35.6 Å². The van der Waals surface area contributed by atoms with E-state index in [1.165, 1.54) is 6.07 Å². The Morgan fingerprint density at radius 2 is 1.91 bits per heavy atom. The fourth-order valence-electron chi connectivity index (χ4n) is 3.35. The van der Waals surface area contributed by atoms with Gasteiger partial charge in [-0.25, -0.2) is 4.39 Å². The summed E-state index contributed by atoms with van der Waals surface area (Å²) in [7, 11) is 0. The zero-order valence-electron chi connectivity index (χ0n) is 12.6. The number of nitrogens with one attached hydrogen (secondary N) is 1. The first-order valence-electron chi connectivity index (χ1n) is 7.58. The molecule has 22 heavy (non-hydrogen) atoms. The molecule has 1 saturated heterocycles. The first-order chi connectivity index (χ1) is 9.67. The number of benzene rings is 1. The van der Waals surface area contributed by atoms with Crippen LogP contribution in [0.1, 0.15) is 30.7 Å². The van der Waals surface area contributed by atoms with Crippen LogP contribution in [0.2, 0.25) is 0 Å². The van der Waals surface area contributed by atoms with Gasteiger partial charge in [-0.2, -0.15) is 0 Å². The summed E-state index contributed by atoms with van der Waals surface area (Å²) in [5.74, 6) is -0.194. The van der Waals surface area contributed by atoms with E-state index in [9.17, 15) is 9.50 Å². The second-order valence-corrected chi connectivity index (χ2v) is 6.12. The predicted octanol–water partition coefficient (Wildman–Crippen LogP) is 2.57. The van der Waals surface area contributed by atoms with E-state index in [1.807, 2.05) is 6.07 Å². The molecule has 1 aromatic rings. The van der Waals surface area contributed by atoms with Crippen LogP contribution in [0.15, 0.2) is 24.3 Å². The van der Waals surface area contributed by atoms with Crippen LogP contribution in [0.3, 0.4) is 0 Å². The Labute approximate surface area is 144 Å². The lowest BCUT2D eigenvalue weighted by Gasteiger charge is -2.45. The Morgan fingerprint density at radius 1 is 1.23 bits per heavy atom. The lowest BCUT2D eigenvalue weighted by atomic mass is 9.68. The largest absolute Gasteiger partial charge is 0.389 e. The second-order valence-electron chi connectivity index (χ2n) is 6.12. The predicted molar refractivity (Wildman–Crippen MR) is 91.7 cm³/mol. The molecule has 0 bridgehead atoms. The van der Waals surface area contributed by atoms with Crippen molar-refractivity contribution >= 4 is 24.8 Å². The minimum Gasteiger partial charge on any atom is -0.389 e. The monoisotopic (exact) mass is 350 g/mol. The van der Waals surface area contributed by atoms with Gasteiger partial charge in [0.1, 0.15) is 5.82 Å². The van der Waals surface area contributed by atoms with Crippen LogP contribution in [0.4, 0.5) is 4.39 Å². The van der Waals surface area contributed by atoms with Gasteiger partial charge in [0.05, 0.1) is 5.60 Å². The summed E-state index contributed by atoms with van der Waals surface area (Å²) in [6, 6.07) is 6.75. The van der Waals surface area contributed by atoms with E-state index in [2.05, 4.69) is 10.2 Å². The van der Waals surface area contributed by atoms with Crippen molar-refractivity contribution in [1.82, 2.24) is 10.2 Å². The molecule has 2 fully saturated rings. The smallest absolute Gasteiger partial charge is 0.123 e. The van der Waals surface area contributed by atoms with Crippen molar-refractivity contribution in [1.29, 1.82) is 0 Å². The lowest BCUT2D eigenvalue weighted by molar-refractivity contribution is -0.0652.